The number of hydrogen-bond donors (Lipinski definition) is 2. The highest BCUT2D eigenvalue weighted by Gasteiger charge is 2.50. The van der Waals surface area contributed by atoms with Gasteiger partial charge < -0.3 is 24.4 Å². The summed E-state index contributed by atoms with van der Waals surface area (Å²) in [7, 11) is 0. The maximum Gasteiger partial charge on any atom is 0.417 e. The number of aromatic nitrogens is 3. The van der Waals surface area contributed by atoms with Crippen LogP contribution in [0.3, 0.4) is 0 Å². The summed E-state index contributed by atoms with van der Waals surface area (Å²) in [5.74, 6) is 0.112. The van der Waals surface area contributed by atoms with Crippen LogP contribution in [-0.2, 0) is 20.4 Å². The first-order valence-corrected chi connectivity index (χ1v) is 17.8. The lowest BCUT2D eigenvalue weighted by atomic mass is 10.0. The highest BCUT2D eigenvalue weighted by atomic mass is 32.1. The second kappa shape index (κ2) is 16.3. The van der Waals surface area contributed by atoms with Crippen LogP contribution in [0.4, 0.5) is 30.2 Å². The topological polar surface area (TPSA) is 155 Å². The van der Waals surface area contributed by atoms with Crippen LogP contribution < -0.4 is 31.1 Å². The normalized spacial score (nSPS) is 14.0. The van der Waals surface area contributed by atoms with Gasteiger partial charge in [-0.15, -0.1) is 0 Å². The summed E-state index contributed by atoms with van der Waals surface area (Å²) in [5, 5.41) is 13.3. The number of carbonyl (C=O) groups is 1. The van der Waals surface area contributed by atoms with Gasteiger partial charge in [0.15, 0.2) is 5.11 Å². The molecule has 0 radical (unpaired) electrons. The van der Waals surface area contributed by atoms with Gasteiger partial charge in [-0.05, 0) is 93.1 Å². The first-order chi connectivity index (χ1) is 26.7. The number of nitriles is 1. The van der Waals surface area contributed by atoms with Gasteiger partial charge in [-0.25, -0.2) is 4.79 Å². The highest BCUT2D eigenvalue weighted by Crippen LogP contribution is 2.40. The quantitative estimate of drug-likeness (QED) is 0.105. The monoisotopic (exact) mass is 787 g/mol. The molecule has 3 heterocycles. The standard InChI is InChI=1S/C39H36F3N7O6S/c1-24-30-11-10-29(21-32(30)45-23-33(24)47-14-12-34(50)46-36(47)52)55-19-18-54-17-16-53-15-13-44-26-5-8-27(9-6-26)49-37(56)48(35(51)38(49,2)3)28-7-4-25(22-43)31(20-28)39(40,41)42/h4-12,14,20-21,23,44H,13,15-19H2,1-3H3,(H,46,50,52). The molecule has 17 heteroatoms. The second-order valence-electron chi connectivity index (χ2n) is 13.1. The predicted octanol–water partition coefficient (Wildman–Crippen LogP) is 5.71. The molecule has 0 unspecified atom stereocenters. The molecule has 0 bridgehead atoms. The second-order valence-corrected chi connectivity index (χ2v) is 13.5. The summed E-state index contributed by atoms with van der Waals surface area (Å²) in [4.78, 5) is 46.5. The third-order valence-electron chi connectivity index (χ3n) is 9.09. The molecule has 0 atom stereocenters. The van der Waals surface area contributed by atoms with Crippen molar-refractivity contribution in [2.45, 2.75) is 32.5 Å². The maximum atomic E-state index is 13.6. The average Bonchev–Trinajstić information content (AvgIpc) is 3.34. The van der Waals surface area contributed by atoms with E-state index in [4.69, 9.17) is 31.7 Å². The number of ether oxygens (including phenoxy) is 3. The van der Waals surface area contributed by atoms with Crippen LogP contribution in [0.25, 0.3) is 16.6 Å². The van der Waals surface area contributed by atoms with E-state index in [1.54, 1.807) is 61.3 Å². The number of aryl methyl sites for hydroxylation is 1. The van der Waals surface area contributed by atoms with Gasteiger partial charge in [-0.1, -0.05) is 0 Å². The van der Waals surface area contributed by atoms with E-state index in [-0.39, 0.29) is 10.8 Å². The van der Waals surface area contributed by atoms with Gasteiger partial charge in [0, 0.05) is 41.6 Å². The molecule has 0 saturated carbocycles. The van der Waals surface area contributed by atoms with Crippen molar-refractivity contribution >= 4 is 51.2 Å². The van der Waals surface area contributed by atoms with E-state index in [1.807, 2.05) is 19.1 Å². The number of carbonyl (C=O) groups excluding carboxylic acids is 1. The van der Waals surface area contributed by atoms with Crippen molar-refractivity contribution < 1.29 is 32.2 Å². The molecule has 56 heavy (non-hydrogen) atoms. The van der Waals surface area contributed by atoms with Gasteiger partial charge in [0.05, 0.1) is 66.7 Å². The fourth-order valence-corrected chi connectivity index (χ4v) is 6.76. The molecule has 2 N–H and O–H groups in total. The fraction of sp³-hybridized carbons (Fsp3) is 0.282. The smallest absolute Gasteiger partial charge is 0.417 e. The maximum absolute atomic E-state index is 13.6. The van der Waals surface area contributed by atoms with E-state index in [1.165, 1.54) is 22.9 Å². The number of fused-ring (bicyclic) bond motifs is 1. The van der Waals surface area contributed by atoms with E-state index in [2.05, 4.69) is 15.3 Å². The molecule has 1 amide bonds. The first-order valence-electron chi connectivity index (χ1n) is 17.3. The number of nitrogens with zero attached hydrogens (tertiary/aromatic N) is 5. The van der Waals surface area contributed by atoms with Crippen LogP contribution in [-0.4, -0.2) is 70.7 Å². The Hall–Kier alpha value is -6.09. The molecule has 0 aliphatic carbocycles. The van der Waals surface area contributed by atoms with Crippen molar-refractivity contribution in [3.05, 3.63) is 117 Å². The number of hydrogen-bond acceptors (Lipinski definition) is 10. The Bertz CT molecular complexity index is 2440. The Morgan fingerprint density at radius 1 is 0.929 bits per heavy atom. The molecule has 0 spiro atoms. The van der Waals surface area contributed by atoms with Gasteiger partial charge in [0.2, 0.25) is 0 Å². The number of amides is 1. The van der Waals surface area contributed by atoms with Crippen LogP contribution in [0.1, 0.15) is 30.5 Å². The zero-order valence-electron chi connectivity index (χ0n) is 30.5. The van der Waals surface area contributed by atoms with E-state index >= 15 is 0 Å². The average molecular weight is 788 g/mol. The van der Waals surface area contributed by atoms with Crippen LogP contribution in [0.5, 0.6) is 5.75 Å². The molecule has 13 nitrogen and oxygen atoms in total. The summed E-state index contributed by atoms with van der Waals surface area (Å²) in [5.41, 5.74) is -0.536. The van der Waals surface area contributed by atoms with Gasteiger partial charge >= 0.3 is 11.9 Å². The van der Waals surface area contributed by atoms with Crippen LogP contribution in [0, 0.1) is 18.3 Å². The number of rotatable bonds is 14. The zero-order valence-corrected chi connectivity index (χ0v) is 31.3. The Morgan fingerprint density at radius 2 is 1.62 bits per heavy atom. The minimum atomic E-state index is -4.79. The third-order valence-corrected chi connectivity index (χ3v) is 9.46. The largest absolute Gasteiger partial charge is 0.491 e. The summed E-state index contributed by atoms with van der Waals surface area (Å²) < 4.78 is 59.4. The first kappa shape index (κ1) is 39.6. The van der Waals surface area contributed by atoms with E-state index in [0.717, 1.165) is 33.7 Å². The van der Waals surface area contributed by atoms with Gasteiger partial charge in [-0.2, -0.15) is 18.4 Å². The van der Waals surface area contributed by atoms with Crippen LogP contribution in [0.2, 0.25) is 0 Å². The lowest BCUT2D eigenvalue weighted by molar-refractivity contribution is -0.137. The number of aromatic amines is 1. The lowest BCUT2D eigenvalue weighted by Gasteiger charge is -2.29. The summed E-state index contributed by atoms with van der Waals surface area (Å²) in [6.45, 7) is 7.45. The third kappa shape index (κ3) is 8.27. The number of pyridine rings is 1. The minimum Gasteiger partial charge on any atom is -0.491 e. The van der Waals surface area contributed by atoms with Gasteiger partial charge in [0.1, 0.15) is 17.9 Å². The fourth-order valence-electron chi connectivity index (χ4n) is 6.24. The molecule has 5 aromatic rings. The van der Waals surface area contributed by atoms with Gasteiger partial charge in [0.25, 0.3) is 11.5 Å². The van der Waals surface area contributed by atoms with E-state index in [0.29, 0.717) is 62.2 Å². The Balaban J connectivity index is 0.917. The molecule has 290 valence electrons. The summed E-state index contributed by atoms with van der Waals surface area (Å²) in [6, 6.07) is 18.5. The summed E-state index contributed by atoms with van der Waals surface area (Å²) >= 11 is 5.61. The number of thiocarbonyl (C=S) groups is 1. The van der Waals surface area contributed by atoms with Crippen molar-refractivity contribution in [1.82, 2.24) is 14.5 Å². The number of nitrogens with one attached hydrogen (secondary N) is 2. The van der Waals surface area contributed by atoms with Crippen molar-refractivity contribution in [1.29, 1.82) is 5.26 Å². The van der Waals surface area contributed by atoms with Crippen LogP contribution in [0.15, 0.2) is 88.7 Å². The van der Waals surface area contributed by atoms with Crippen molar-refractivity contribution in [2.75, 3.05) is 54.7 Å². The Kier molecular flexibility index (Phi) is 11.5. The molecule has 1 aliphatic heterocycles. The molecular formula is C39H36F3N7O6S. The number of halogens is 3. The SMILES string of the molecule is Cc1c(-n2ccc(=O)[nH]c2=O)cnc2cc(OCCOCCOCCNc3ccc(N4C(=S)N(c5ccc(C#N)c(C(F)(F)F)c5)C(=O)C4(C)C)cc3)ccc12. The molecule has 6 rings (SSSR count). The lowest BCUT2D eigenvalue weighted by Crippen LogP contribution is -2.44. The molecule has 1 fully saturated rings. The minimum absolute atomic E-state index is 0.0158. The number of anilines is 3. The Labute approximate surface area is 323 Å². The van der Waals surface area contributed by atoms with E-state index in [9.17, 15) is 27.6 Å². The molecule has 3 aromatic carbocycles. The predicted molar refractivity (Wildman–Crippen MR) is 208 cm³/mol. The van der Waals surface area contributed by atoms with E-state index < -0.39 is 40.0 Å². The van der Waals surface area contributed by atoms with Crippen molar-refractivity contribution in [3.63, 3.8) is 0 Å². The molecule has 1 aliphatic rings. The van der Waals surface area contributed by atoms with Gasteiger partial charge in [-0.3, -0.25) is 29.0 Å². The molecule has 2 aromatic heterocycles. The molecular weight excluding hydrogens is 752 g/mol. The molecule has 1 saturated heterocycles. The number of benzene rings is 3. The number of H-pyrrole nitrogens is 1. The Morgan fingerprint density at radius 3 is 2.32 bits per heavy atom. The summed E-state index contributed by atoms with van der Waals surface area (Å²) in [6.07, 6.45) is -1.80. The van der Waals surface area contributed by atoms with Crippen molar-refractivity contribution in [2.24, 2.45) is 0 Å². The zero-order chi connectivity index (χ0) is 40.2. The van der Waals surface area contributed by atoms with Crippen molar-refractivity contribution in [3.8, 4) is 17.5 Å². The highest BCUT2D eigenvalue weighted by molar-refractivity contribution is 7.81. The van der Waals surface area contributed by atoms with Crippen LogP contribution >= 0.6 is 12.2 Å². The number of alkyl halides is 3.